The second-order valence-electron chi connectivity index (χ2n) is 7.79. The average molecular weight is 629 g/mol. The van der Waals surface area contributed by atoms with Crippen LogP contribution in [-0.2, 0) is 35.7 Å². The van der Waals surface area contributed by atoms with E-state index in [9.17, 15) is 36.3 Å². The first-order chi connectivity index (χ1) is 18.9. The van der Waals surface area contributed by atoms with E-state index in [0.29, 0.717) is 24.3 Å². The molecule has 1 heterocycles. The van der Waals surface area contributed by atoms with E-state index >= 15 is 0 Å². The molecule has 15 nitrogen and oxygen atoms in total. The van der Waals surface area contributed by atoms with Crippen molar-refractivity contribution in [3.8, 4) is 5.75 Å². The highest BCUT2D eigenvalue weighted by Crippen LogP contribution is 2.27. The molecule has 0 fully saturated rings. The maximum Gasteiger partial charge on any atom is 0.490 e. The zero-order chi connectivity index (χ0) is 31.4. The number of oxime groups is 1. The predicted octanol–water partition coefficient (Wildman–Crippen LogP) is 0.991. The number of amides is 1. The first-order valence-corrected chi connectivity index (χ1v) is 13.4. The summed E-state index contributed by atoms with van der Waals surface area (Å²) in [5.74, 6) is -4.12. The lowest BCUT2D eigenvalue weighted by Crippen LogP contribution is -2.42. The number of alkyl halides is 3. The molecule has 1 amide bonds. The molecule has 1 aromatic carbocycles. The molecule has 0 aliphatic rings. The fourth-order valence-corrected chi connectivity index (χ4v) is 5.31. The zero-order valence-electron chi connectivity index (χ0n) is 21.5. The number of halogens is 3. The van der Waals surface area contributed by atoms with Crippen molar-refractivity contribution >= 4 is 50.3 Å². The van der Waals surface area contributed by atoms with Crippen LogP contribution in [0.15, 0.2) is 33.6 Å². The van der Waals surface area contributed by atoms with Crippen molar-refractivity contribution in [1.29, 1.82) is 0 Å². The van der Waals surface area contributed by atoms with Crippen LogP contribution in [0.1, 0.15) is 24.6 Å². The molecule has 0 bridgehead atoms. The van der Waals surface area contributed by atoms with Gasteiger partial charge < -0.3 is 36.6 Å². The highest BCUT2D eigenvalue weighted by Gasteiger charge is 2.38. The number of benzene rings is 1. The number of nitrogens with zero attached hydrogens (tertiary/aromatic N) is 2. The normalized spacial score (nSPS) is 11.8. The number of sulfonamides is 1. The van der Waals surface area contributed by atoms with Gasteiger partial charge in [-0.1, -0.05) is 23.5 Å². The molecule has 2 aromatic rings. The SMILES string of the molecule is CC(=O)Nc1nc(C)c(S(=O)(=O)N[C@@H](Cc2ccc(OCCCON=C(N)N)cc2)C(=O)O)s1.O=C(O)C(F)(F)F. The van der Waals surface area contributed by atoms with Crippen molar-refractivity contribution in [3.63, 3.8) is 0 Å². The standard InChI is InChI=1S/C19H26N6O7S2.C2HF3O2/c1-11-17(33-19(22-11)23-12(2)26)34(29,30)25-15(16(27)28)10-13-4-6-14(7-5-13)31-8-3-9-32-24-18(20)21;3-2(4,5)1(6)7/h4-7,15,25H,3,8-10H2,1-2H3,(H,27,28)(H4,20,21,24)(H,22,23,26);(H,6,7)/t15-;/m0./s1. The number of ether oxygens (including phenoxy) is 1. The van der Waals surface area contributed by atoms with Gasteiger partial charge in [-0.25, -0.2) is 18.2 Å². The Hall–Kier alpha value is -4.17. The number of nitrogens with one attached hydrogen (secondary N) is 2. The lowest BCUT2D eigenvalue weighted by molar-refractivity contribution is -0.192. The number of carbonyl (C=O) groups is 3. The smallest absolute Gasteiger partial charge is 0.490 e. The van der Waals surface area contributed by atoms with Crippen molar-refractivity contribution in [3.05, 3.63) is 35.5 Å². The maximum atomic E-state index is 12.8. The largest absolute Gasteiger partial charge is 0.493 e. The fraction of sp³-hybridized carbons (Fsp3) is 0.381. The summed E-state index contributed by atoms with van der Waals surface area (Å²) in [6, 6.07) is 5.15. The van der Waals surface area contributed by atoms with E-state index in [0.717, 1.165) is 11.3 Å². The van der Waals surface area contributed by atoms with Crippen LogP contribution in [0.2, 0.25) is 0 Å². The molecule has 8 N–H and O–H groups in total. The number of aromatic nitrogens is 1. The molecule has 0 unspecified atom stereocenters. The van der Waals surface area contributed by atoms with Gasteiger partial charge in [-0.3, -0.25) is 9.59 Å². The van der Waals surface area contributed by atoms with Crippen LogP contribution in [0, 0.1) is 6.92 Å². The van der Waals surface area contributed by atoms with Gasteiger partial charge in [0.05, 0.1) is 12.3 Å². The molecule has 0 radical (unpaired) electrons. The van der Waals surface area contributed by atoms with Gasteiger partial charge >= 0.3 is 18.1 Å². The van der Waals surface area contributed by atoms with Crippen LogP contribution in [-0.4, -0.2) is 72.9 Å². The Labute approximate surface area is 235 Å². The molecular formula is C21H27F3N6O9S2. The van der Waals surface area contributed by atoms with Crippen LogP contribution < -0.4 is 26.2 Å². The van der Waals surface area contributed by atoms with Crippen LogP contribution >= 0.6 is 11.3 Å². The van der Waals surface area contributed by atoms with Gasteiger partial charge in [0.1, 0.15) is 18.4 Å². The van der Waals surface area contributed by atoms with Crippen molar-refractivity contribution in [2.75, 3.05) is 18.5 Å². The van der Waals surface area contributed by atoms with Crippen molar-refractivity contribution in [2.45, 2.75) is 43.1 Å². The summed E-state index contributed by atoms with van der Waals surface area (Å²) in [5.41, 5.74) is 11.0. The van der Waals surface area contributed by atoms with Crippen molar-refractivity contribution < 1.29 is 55.8 Å². The van der Waals surface area contributed by atoms with Gasteiger partial charge in [0.25, 0.3) is 10.0 Å². The van der Waals surface area contributed by atoms with Gasteiger partial charge in [-0.15, -0.1) is 0 Å². The van der Waals surface area contributed by atoms with Gasteiger partial charge in [-0.05, 0) is 36.2 Å². The minimum atomic E-state index is -5.08. The van der Waals surface area contributed by atoms with Gasteiger partial charge in [-0.2, -0.15) is 17.9 Å². The van der Waals surface area contributed by atoms with Crippen LogP contribution in [0.5, 0.6) is 5.75 Å². The Morgan fingerprint density at radius 2 is 1.73 bits per heavy atom. The second-order valence-corrected chi connectivity index (χ2v) is 10.7. The van der Waals surface area contributed by atoms with E-state index in [4.69, 9.17) is 30.9 Å². The number of carbonyl (C=O) groups excluding carboxylic acids is 1. The lowest BCUT2D eigenvalue weighted by Gasteiger charge is -2.15. The molecule has 0 aliphatic carbocycles. The number of anilines is 1. The van der Waals surface area contributed by atoms with Gasteiger partial charge in [0.2, 0.25) is 11.9 Å². The quantitative estimate of drug-likeness (QED) is 0.0787. The summed E-state index contributed by atoms with van der Waals surface area (Å²) in [5, 5.41) is 22.6. The van der Waals surface area contributed by atoms with E-state index in [1.54, 1.807) is 24.3 Å². The third-order valence-corrected chi connectivity index (χ3v) is 7.46. The number of hydrogen-bond donors (Lipinski definition) is 6. The molecule has 1 aromatic heterocycles. The lowest BCUT2D eigenvalue weighted by atomic mass is 10.1. The van der Waals surface area contributed by atoms with E-state index in [-0.39, 0.29) is 34.0 Å². The monoisotopic (exact) mass is 628 g/mol. The molecule has 41 heavy (non-hydrogen) atoms. The van der Waals surface area contributed by atoms with E-state index in [2.05, 4.69) is 20.2 Å². The Morgan fingerprint density at radius 1 is 1.15 bits per heavy atom. The Kier molecular flexibility index (Phi) is 13.2. The number of nitrogens with two attached hydrogens (primary N) is 2. The molecule has 0 aliphatic heterocycles. The van der Waals surface area contributed by atoms with Crippen molar-refractivity contribution in [1.82, 2.24) is 9.71 Å². The summed E-state index contributed by atoms with van der Waals surface area (Å²) in [7, 11) is -4.19. The number of rotatable bonds is 13. The Balaban J connectivity index is 0.00000106. The number of hydrogen-bond acceptors (Lipinski definition) is 10. The molecular weight excluding hydrogens is 601 g/mol. The first kappa shape index (κ1) is 34.9. The summed E-state index contributed by atoms with van der Waals surface area (Å²) in [6.45, 7) is 3.33. The van der Waals surface area contributed by atoms with Crippen LogP contribution in [0.25, 0.3) is 0 Å². The number of carboxylic acids is 2. The van der Waals surface area contributed by atoms with Crippen LogP contribution in [0.4, 0.5) is 18.3 Å². The average Bonchev–Trinajstić information content (AvgIpc) is 3.21. The molecule has 0 saturated heterocycles. The first-order valence-electron chi connectivity index (χ1n) is 11.1. The van der Waals surface area contributed by atoms with Gasteiger partial charge in [0.15, 0.2) is 9.34 Å². The zero-order valence-corrected chi connectivity index (χ0v) is 23.1. The number of thiazole rings is 1. The number of aryl methyl sites for hydroxylation is 1. The third kappa shape index (κ3) is 13.2. The highest BCUT2D eigenvalue weighted by atomic mass is 32.2. The molecule has 228 valence electrons. The summed E-state index contributed by atoms with van der Waals surface area (Å²) < 4.78 is 64.9. The van der Waals surface area contributed by atoms with Crippen LogP contribution in [0.3, 0.4) is 0 Å². The predicted molar refractivity (Wildman–Crippen MR) is 139 cm³/mol. The molecule has 2 rings (SSSR count). The summed E-state index contributed by atoms with van der Waals surface area (Å²) in [4.78, 5) is 40.6. The molecule has 0 spiro atoms. The number of carboxylic acid groups (broad SMARTS) is 2. The molecule has 0 saturated carbocycles. The number of guanidine groups is 1. The van der Waals surface area contributed by atoms with E-state index in [1.165, 1.54) is 13.8 Å². The van der Waals surface area contributed by atoms with Crippen molar-refractivity contribution in [2.24, 2.45) is 16.6 Å². The number of aliphatic carboxylic acids is 2. The Bertz CT molecular complexity index is 1330. The maximum absolute atomic E-state index is 12.8. The third-order valence-electron chi connectivity index (χ3n) is 4.30. The minimum Gasteiger partial charge on any atom is -0.493 e. The summed E-state index contributed by atoms with van der Waals surface area (Å²) >= 11 is 0.739. The Morgan fingerprint density at radius 3 is 2.22 bits per heavy atom. The fourth-order valence-electron chi connectivity index (χ4n) is 2.65. The summed E-state index contributed by atoms with van der Waals surface area (Å²) in [6.07, 6.45) is -4.65. The molecule has 20 heteroatoms. The molecule has 1 atom stereocenters. The van der Waals surface area contributed by atoms with Gasteiger partial charge in [0, 0.05) is 13.3 Å². The topological polar surface area (TPSA) is 246 Å². The van der Waals surface area contributed by atoms with E-state index in [1.807, 2.05) is 0 Å². The highest BCUT2D eigenvalue weighted by molar-refractivity contribution is 7.91. The van der Waals surface area contributed by atoms with E-state index < -0.39 is 40.1 Å². The minimum absolute atomic E-state index is 0.0996. The second kappa shape index (κ2) is 15.6.